The molecule has 2 amide bonds. The molecule has 1 atom stereocenters. The van der Waals surface area contributed by atoms with Crippen molar-refractivity contribution in [3.8, 4) is 5.75 Å². The van der Waals surface area contributed by atoms with Crippen LogP contribution in [0.15, 0.2) is 18.2 Å². The van der Waals surface area contributed by atoms with E-state index in [0.29, 0.717) is 32.2 Å². The van der Waals surface area contributed by atoms with Crippen LogP contribution in [0.4, 0.5) is 0 Å². The van der Waals surface area contributed by atoms with Crippen LogP contribution >= 0.6 is 0 Å². The second-order valence-corrected chi connectivity index (χ2v) is 7.16. The van der Waals surface area contributed by atoms with Crippen LogP contribution in [-0.2, 0) is 22.6 Å². The van der Waals surface area contributed by atoms with Crippen molar-refractivity contribution in [3.63, 3.8) is 0 Å². The van der Waals surface area contributed by atoms with Crippen molar-refractivity contribution in [1.82, 2.24) is 9.80 Å². The number of carbonyl (C=O) groups excluding carboxylic acids is 2. The zero-order valence-electron chi connectivity index (χ0n) is 15.3. The molecule has 0 saturated carbocycles. The van der Waals surface area contributed by atoms with Gasteiger partial charge in [0.25, 0.3) is 0 Å². The van der Waals surface area contributed by atoms with Gasteiger partial charge in [-0.25, -0.2) is 0 Å². The van der Waals surface area contributed by atoms with E-state index in [0.717, 1.165) is 42.7 Å². The fourth-order valence-electron chi connectivity index (χ4n) is 3.74. The van der Waals surface area contributed by atoms with Gasteiger partial charge in [-0.3, -0.25) is 9.59 Å². The molecule has 1 fully saturated rings. The second-order valence-electron chi connectivity index (χ2n) is 7.16. The van der Waals surface area contributed by atoms with E-state index < -0.39 is 0 Å². The Bertz CT molecular complexity index is 644. The minimum absolute atomic E-state index is 0.0658. The number of ether oxygens (including phenoxy) is 1. The molecule has 136 valence electrons. The smallest absolute Gasteiger partial charge is 0.223 e. The van der Waals surface area contributed by atoms with Crippen LogP contribution in [0.3, 0.4) is 0 Å². The average Bonchev–Trinajstić information content (AvgIpc) is 2.82. The number of piperidine rings is 1. The van der Waals surface area contributed by atoms with Crippen molar-refractivity contribution in [2.75, 3.05) is 19.7 Å². The zero-order valence-corrected chi connectivity index (χ0v) is 15.3. The standard InChI is InChI=1S/C20H28N2O3/c1-15-5-3-4-10-22(15)20(24)9-7-17-6-8-19-18(13-17)14-21(16(2)23)11-12-25-19/h6,8,13,15H,3-5,7,9-12,14H2,1-2H3. The van der Waals surface area contributed by atoms with Crippen molar-refractivity contribution in [2.24, 2.45) is 0 Å². The lowest BCUT2D eigenvalue weighted by atomic mass is 10.0. The molecule has 5 heteroatoms. The molecule has 2 heterocycles. The van der Waals surface area contributed by atoms with Crippen LogP contribution in [0, 0.1) is 0 Å². The van der Waals surface area contributed by atoms with Gasteiger partial charge in [-0.05, 0) is 44.2 Å². The van der Waals surface area contributed by atoms with Crippen LogP contribution in [-0.4, -0.2) is 47.4 Å². The summed E-state index contributed by atoms with van der Waals surface area (Å²) in [6.45, 7) is 6.35. The molecule has 0 N–H and O–H groups in total. The molecule has 0 bridgehead atoms. The van der Waals surface area contributed by atoms with Crippen LogP contribution in [0.1, 0.15) is 50.7 Å². The summed E-state index contributed by atoms with van der Waals surface area (Å²) in [6.07, 6.45) is 4.73. The number of likely N-dealkylation sites (tertiary alicyclic amines) is 1. The van der Waals surface area contributed by atoms with E-state index in [1.807, 2.05) is 17.0 Å². The van der Waals surface area contributed by atoms with Crippen LogP contribution in [0.25, 0.3) is 0 Å². The van der Waals surface area contributed by atoms with Crippen molar-refractivity contribution in [3.05, 3.63) is 29.3 Å². The number of hydrogen-bond acceptors (Lipinski definition) is 3. The average molecular weight is 344 g/mol. The Labute approximate surface area is 149 Å². The summed E-state index contributed by atoms with van der Waals surface area (Å²) in [5, 5.41) is 0. The Hall–Kier alpha value is -2.04. The summed E-state index contributed by atoms with van der Waals surface area (Å²) >= 11 is 0. The van der Waals surface area contributed by atoms with E-state index in [4.69, 9.17) is 4.74 Å². The Balaban J connectivity index is 1.64. The predicted octanol–water partition coefficient (Wildman–Crippen LogP) is 2.76. The van der Waals surface area contributed by atoms with Crippen molar-refractivity contribution >= 4 is 11.8 Å². The highest BCUT2D eigenvalue weighted by Gasteiger charge is 2.23. The molecule has 0 aromatic heterocycles. The van der Waals surface area contributed by atoms with Gasteiger partial charge in [0.05, 0.1) is 6.54 Å². The third-order valence-electron chi connectivity index (χ3n) is 5.30. The number of rotatable bonds is 3. The predicted molar refractivity (Wildman–Crippen MR) is 96.4 cm³/mol. The van der Waals surface area contributed by atoms with E-state index in [-0.39, 0.29) is 11.8 Å². The molecule has 1 unspecified atom stereocenters. The van der Waals surface area contributed by atoms with Gasteiger partial charge in [0.2, 0.25) is 11.8 Å². The van der Waals surface area contributed by atoms with E-state index in [1.165, 1.54) is 6.42 Å². The van der Waals surface area contributed by atoms with Crippen molar-refractivity contribution < 1.29 is 14.3 Å². The molecule has 1 aromatic rings. The molecule has 25 heavy (non-hydrogen) atoms. The normalized spacial score (nSPS) is 20.5. The highest BCUT2D eigenvalue weighted by molar-refractivity contribution is 5.77. The molecule has 5 nitrogen and oxygen atoms in total. The first-order valence-corrected chi connectivity index (χ1v) is 9.34. The summed E-state index contributed by atoms with van der Waals surface area (Å²) in [4.78, 5) is 28.0. The number of fused-ring (bicyclic) bond motifs is 1. The van der Waals surface area contributed by atoms with Gasteiger partial charge in [-0.1, -0.05) is 12.1 Å². The summed E-state index contributed by atoms with van der Waals surface area (Å²) in [6, 6.07) is 6.46. The molecular weight excluding hydrogens is 316 g/mol. The van der Waals surface area contributed by atoms with E-state index in [1.54, 1.807) is 11.8 Å². The van der Waals surface area contributed by atoms with Crippen LogP contribution in [0.5, 0.6) is 5.75 Å². The fourth-order valence-corrected chi connectivity index (χ4v) is 3.74. The van der Waals surface area contributed by atoms with E-state index in [9.17, 15) is 9.59 Å². The third kappa shape index (κ3) is 4.33. The highest BCUT2D eigenvalue weighted by Crippen LogP contribution is 2.25. The van der Waals surface area contributed by atoms with Crippen molar-refractivity contribution in [2.45, 2.75) is 58.5 Å². The first kappa shape index (κ1) is 17.8. The largest absolute Gasteiger partial charge is 0.491 e. The lowest BCUT2D eigenvalue weighted by molar-refractivity contribution is -0.134. The molecule has 1 aromatic carbocycles. The first-order valence-electron chi connectivity index (χ1n) is 9.34. The van der Waals surface area contributed by atoms with E-state index in [2.05, 4.69) is 13.0 Å². The third-order valence-corrected chi connectivity index (χ3v) is 5.30. The van der Waals surface area contributed by atoms with Gasteiger partial charge in [0, 0.05) is 38.0 Å². The highest BCUT2D eigenvalue weighted by atomic mass is 16.5. The lowest BCUT2D eigenvalue weighted by Crippen LogP contribution is -2.42. The summed E-state index contributed by atoms with van der Waals surface area (Å²) in [5.41, 5.74) is 2.16. The van der Waals surface area contributed by atoms with E-state index >= 15 is 0 Å². The van der Waals surface area contributed by atoms with Gasteiger partial charge >= 0.3 is 0 Å². The monoisotopic (exact) mass is 344 g/mol. The number of aryl methyl sites for hydroxylation is 1. The molecule has 1 saturated heterocycles. The SMILES string of the molecule is CC(=O)N1CCOc2ccc(CCC(=O)N3CCCCC3C)cc2C1. The minimum Gasteiger partial charge on any atom is -0.491 e. The molecule has 2 aliphatic rings. The van der Waals surface area contributed by atoms with Gasteiger partial charge < -0.3 is 14.5 Å². The molecule has 0 radical (unpaired) electrons. The molecule has 0 spiro atoms. The maximum absolute atomic E-state index is 12.5. The first-order chi connectivity index (χ1) is 12.0. The van der Waals surface area contributed by atoms with Crippen LogP contribution < -0.4 is 4.74 Å². The quantitative estimate of drug-likeness (QED) is 0.847. The summed E-state index contributed by atoms with van der Waals surface area (Å²) in [5.74, 6) is 1.17. The molecule has 3 rings (SSSR count). The minimum atomic E-state index is 0.0658. The maximum atomic E-state index is 12.5. The lowest BCUT2D eigenvalue weighted by Gasteiger charge is -2.33. The van der Waals surface area contributed by atoms with Gasteiger partial charge in [0.15, 0.2) is 0 Å². The Morgan fingerprint density at radius 1 is 1.24 bits per heavy atom. The summed E-state index contributed by atoms with van der Waals surface area (Å²) in [7, 11) is 0. The second kappa shape index (κ2) is 7.89. The van der Waals surface area contributed by atoms with Gasteiger partial charge in [0.1, 0.15) is 12.4 Å². The van der Waals surface area contributed by atoms with Crippen LogP contribution in [0.2, 0.25) is 0 Å². The van der Waals surface area contributed by atoms with Crippen molar-refractivity contribution in [1.29, 1.82) is 0 Å². The number of nitrogens with zero attached hydrogens (tertiary/aromatic N) is 2. The topological polar surface area (TPSA) is 49.9 Å². The number of amides is 2. The number of carbonyl (C=O) groups is 2. The number of hydrogen-bond donors (Lipinski definition) is 0. The Morgan fingerprint density at radius 2 is 2.08 bits per heavy atom. The Kier molecular flexibility index (Phi) is 5.61. The molecule has 0 aliphatic carbocycles. The molecular formula is C20H28N2O3. The summed E-state index contributed by atoms with van der Waals surface area (Å²) < 4.78 is 5.75. The number of benzene rings is 1. The van der Waals surface area contributed by atoms with Gasteiger partial charge in [-0.15, -0.1) is 0 Å². The van der Waals surface area contributed by atoms with Gasteiger partial charge in [-0.2, -0.15) is 0 Å². The maximum Gasteiger partial charge on any atom is 0.223 e. The zero-order chi connectivity index (χ0) is 17.8. The fraction of sp³-hybridized carbons (Fsp3) is 0.600. The molecule has 2 aliphatic heterocycles. The Morgan fingerprint density at radius 3 is 2.84 bits per heavy atom.